The van der Waals surface area contributed by atoms with E-state index in [2.05, 4.69) is 21.3 Å². The molecule has 0 heterocycles. The number of esters is 1. The van der Waals surface area contributed by atoms with E-state index in [1.807, 2.05) is 7.05 Å². The van der Waals surface area contributed by atoms with Crippen molar-refractivity contribution in [2.24, 2.45) is 11.7 Å². The van der Waals surface area contributed by atoms with Gasteiger partial charge in [-0.25, -0.2) is 9.59 Å². The monoisotopic (exact) mass is 696 g/mol. The third-order valence-electron chi connectivity index (χ3n) is 7.80. The van der Waals surface area contributed by atoms with Gasteiger partial charge in [-0.15, -0.1) is 0 Å². The van der Waals surface area contributed by atoms with Crippen LogP contribution in [0, 0.1) is 11.3 Å². The van der Waals surface area contributed by atoms with Gasteiger partial charge in [0.25, 0.3) is 0 Å². The molecule has 2 aromatic carbocycles. The first kappa shape index (κ1) is 41.2. The van der Waals surface area contributed by atoms with Crippen LogP contribution >= 0.6 is 0 Å². The molecule has 0 bridgehead atoms. The van der Waals surface area contributed by atoms with Crippen molar-refractivity contribution in [3.8, 4) is 11.5 Å². The van der Waals surface area contributed by atoms with E-state index in [0.717, 1.165) is 19.4 Å². The lowest BCUT2D eigenvalue weighted by atomic mass is 10.0. The number of amides is 3. The summed E-state index contributed by atoms with van der Waals surface area (Å²) in [6.07, 6.45) is 5.29. The Morgan fingerprint density at radius 3 is 1.92 bits per heavy atom. The standard InChI is InChI=1S/C36H52N6O8/c1-25(9-3-5-21-39-2)34(45)42-30(35(46)47)10-4-6-22-40-31(43)11-7-12-32(44)41-23-8-24-49-28-17-15-27(16-18-28)36(48)50-29-19-13-26(14-20-29)33(37)38/h13-20,25,30,39H,3-12,21-24H2,1-2H3,(H3,37,38)(H,40,43)(H,41,44)(H,42,45)(H,46,47). The van der Waals surface area contributed by atoms with Crippen molar-refractivity contribution in [3.63, 3.8) is 0 Å². The fourth-order valence-corrected chi connectivity index (χ4v) is 4.79. The number of hydrogen-bond acceptors (Lipinski definition) is 9. The molecule has 0 aliphatic rings. The van der Waals surface area contributed by atoms with E-state index in [-0.39, 0.29) is 48.7 Å². The molecule has 0 radical (unpaired) electrons. The molecule has 274 valence electrons. The number of carbonyl (C=O) groups excluding carboxylic acids is 4. The lowest BCUT2D eigenvalue weighted by Gasteiger charge is -2.18. The normalized spacial score (nSPS) is 11.9. The Kier molecular flexibility index (Phi) is 19.3. The second kappa shape index (κ2) is 23.4. The van der Waals surface area contributed by atoms with Gasteiger partial charge in [-0.05, 0) is 107 Å². The zero-order chi connectivity index (χ0) is 36.7. The summed E-state index contributed by atoms with van der Waals surface area (Å²) in [5, 5.41) is 28.2. The molecule has 8 N–H and O–H groups in total. The second-order valence-corrected chi connectivity index (χ2v) is 12.0. The lowest BCUT2D eigenvalue weighted by molar-refractivity contribution is -0.142. The molecule has 0 saturated heterocycles. The van der Waals surface area contributed by atoms with E-state index >= 15 is 0 Å². The summed E-state index contributed by atoms with van der Waals surface area (Å²) in [4.78, 5) is 60.6. The predicted octanol–water partition coefficient (Wildman–Crippen LogP) is 3.13. The first-order chi connectivity index (χ1) is 24.0. The van der Waals surface area contributed by atoms with Crippen molar-refractivity contribution in [2.75, 3.05) is 33.3 Å². The molecule has 0 aromatic heterocycles. The number of carbonyl (C=O) groups is 5. The first-order valence-corrected chi connectivity index (χ1v) is 17.1. The highest BCUT2D eigenvalue weighted by Crippen LogP contribution is 2.17. The third kappa shape index (κ3) is 16.9. The number of nitrogens with two attached hydrogens (primary N) is 1. The zero-order valence-corrected chi connectivity index (χ0v) is 29.1. The molecule has 2 rings (SSSR count). The molecule has 2 aromatic rings. The number of carboxylic acids is 1. The van der Waals surface area contributed by atoms with Gasteiger partial charge >= 0.3 is 11.9 Å². The number of nitrogens with one attached hydrogen (secondary N) is 5. The topological polar surface area (TPSA) is 222 Å². The van der Waals surface area contributed by atoms with Crippen LogP contribution in [0.25, 0.3) is 0 Å². The fraction of sp³-hybridized carbons (Fsp3) is 0.500. The molecule has 2 unspecified atom stereocenters. The van der Waals surface area contributed by atoms with Crippen molar-refractivity contribution in [1.82, 2.24) is 21.3 Å². The zero-order valence-electron chi connectivity index (χ0n) is 29.1. The molecular weight excluding hydrogens is 644 g/mol. The van der Waals surface area contributed by atoms with E-state index in [0.29, 0.717) is 74.4 Å². The van der Waals surface area contributed by atoms with Crippen LogP contribution in [0.5, 0.6) is 11.5 Å². The van der Waals surface area contributed by atoms with Crippen LogP contribution in [0.3, 0.4) is 0 Å². The summed E-state index contributed by atoms with van der Waals surface area (Å²) in [6.45, 7) is 3.83. The summed E-state index contributed by atoms with van der Waals surface area (Å²) in [6, 6.07) is 11.8. The number of aliphatic carboxylic acids is 1. The highest BCUT2D eigenvalue weighted by atomic mass is 16.5. The van der Waals surface area contributed by atoms with Gasteiger partial charge in [-0.1, -0.05) is 13.3 Å². The second-order valence-electron chi connectivity index (χ2n) is 12.0. The number of hydrogen-bond donors (Lipinski definition) is 7. The maximum atomic E-state index is 12.4. The summed E-state index contributed by atoms with van der Waals surface area (Å²) < 4.78 is 11.0. The van der Waals surface area contributed by atoms with Crippen LogP contribution in [0.1, 0.15) is 87.1 Å². The molecule has 14 nitrogen and oxygen atoms in total. The Labute approximate surface area is 293 Å². The molecule has 0 fully saturated rings. The minimum atomic E-state index is -1.07. The van der Waals surface area contributed by atoms with Crippen molar-refractivity contribution < 1.29 is 38.6 Å². The minimum Gasteiger partial charge on any atom is -0.494 e. The summed E-state index contributed by atoms with van der Waals surface area (Å²) in [5.74, 6) is -1.63. The Bertz CT molecular complexity index is 1380. The van der Waals surface area contributed by atoms with E-state index < -0.39 is 18.0 Å². The molecule has 0 spiro atoms. The lowest BCUT2D eigenvalue weighted by Crippen LogP contribution is -2.43. The molecule has 0 saturated carbocycles. The highest BCUT2D eigenvalue weighted by Gasteiger charge is 2.22. The largest absolute Gasteiger partial charge is 0.494 e. The van der Waals surface area contributed by atoms with Gasteiger partial charge in [0.05, 0.1) is 12.2 Å². The number of ether oxygens (including phenoxy) is 2. The number of amidine groups is 1. The van der Waals surface area contributed by atoms with Crippen molar-refractivity contribution in [1.29, 1.82) is 5.41 Å². The van der Waals surface area contributed by atoms with E-state index in [1.54, 1.807) is 55.5 Å². The molecule has 3 amide bonds. The summed E-state index contributed by atoms with van der Waals surface area (Å²) in [7, 11) is 1.87. The smallest absolute Gasteiger partial charge is 0.343 e. The number of nitrogen functional groups attached to an aromatic ring is 1. The average Bonchev–Trinajstić information content (AvgIpc) is 3.09. The van der Waals surface area contributed by atoms with Gasteiger partial charge in [0.1, 0.15) is 23.4 Å². The maximum absolute atomic E-state index is 12.4. The van der Waals surface area contributed by atoms with E-state index in [1.165, 1.54) is 0 Å². The minimum absolute atomic E-state index is 0.0733. The average molecular weight is 697 g/mol. The first-order valence-electron chi connectivity index (χ1n) is 17.1. The van der Waals surface area contributed by atoms with Crippen molar-refractivity contribution in [3.05, 3.63) is 59.7 Å². The Morgan fingerprint density at radius 1 is 0.760 bits per heavy atom. The van der Waals surface area contributed by atoms with Crippen LogP contribution in [-0.4, -0.2) is 79.9 Å². The van der Waals surface area contributed by atoms with Gasteiger partial charge in [0, 0.05) is 37.4 Å². The Hall–Kier alpha value is -4.98. The molecule has 14 heteroatoms. The SMILES string of the molecule is CNCCCCC(C)C(=O)NC(CCCCNC(=O)CCCC(=O)NCCCOc1ccc(C(=O)Oc2ccc(C(=N)N)cc2)cc1)C(=O)O. The van der Waals surface area contributed by atoms with Gasteiger partial charge in [-0.3, -0.25) is 19.8 Å². The van der Waals surface area contributed by atoms with Gasteiger partial charge in [0.15, 0.2) is 0 Å². The number of unbranched alkanes of at least 4 members (excludes halogenated alkanes) is 2. The highest BCUT2D eigenvalue weighted by molar-refractivity contribution is 5.95. The number of rotatable bonds is 25. The maximum Gasteiger partial charge on any atom is 0.343 e. The van der Waals surface area contributed by atoms with Gasteiger partial charge in [0.2, 0.25) is 17.7 Å². The van der Waals surface area contributed by atoms with Gasteiger partial charge < -0.3 is 41.6 Å². The van der Waals surface area contributed by atoms with Gasteiger partial charge in [-0.2, -0.15) is 0 Å². The quantitative estimate of drug-likeness (QED) is 0.0264. The van der Waals surface area contributed by atoms with Crippen LogP contribution in [0.4, 0.5) is 0 Å². The van der Waals surface area contributed by atoms with E-state index in [4.69, 9.17) is 20.6 Å². The Morgan fingerprint density at radius 2 is 1.32 bits per heavy atom. The van der Waals surface area contributed by atoms with Crippen molar-refractivity contribution in [2.45, 2.75) is 77.2 Å². The van der Waals surface area contributed by atoms with Crippen LogP contribution in [-0.2, 0) is 19.2 Å². The molecule has 50 heavy (non-hydrogen) atoms. The molecule has 2 atom stereocenters. The number of carboxylic acid groups (broad SMARTS) is 1. The fourth-order valence-electron chi connectivity index (χ4n) is 4.79. The molecule has 0 aliphatic heterocycles. The third-order valence-corrected chi connectivity index (χ3v) is 7.80. The number of benzene rings is 2. The molecular formula is C36H52N6O8. The van der Waals surface area contributed by atoms with Crippen LogP contribution in [0.15, 0.2) is 48.5 Å². The van der Waals surface area contributed by atoms with Crippen molar-refractivity contribution >= 4 is 35.5 Å². The molecule has 0 aliphatic carbocycles. The van der Waals surface area contributed by atoms with Crippen LogP contribution < -0.4 is 36.5 Å². The summed E-state index contributed by atoms with van der Waals surface area (Å²) in [5.41, 5.74) is 6.30. The predicted molar refractivity (Wildman–Crippen MR) is 189 cm³/mol. The van der Waals surface area contributed by atoms with Crippen LogP contribution in [0.2, 0.25) is 0 Å². The summed E-state index contributed by atoms with van der Waals surface area (Å²) >= 11 is 0. The van der Waals surface area contributed by atoms with E-state index in [9.17, 15) is 29.1 Å². The Balaban J connectivity index is 1.51.